The van der Waals surface area contributed by atoms with Crippen LogP contribution in [0.3, 0.4) is 0 Å². The normalized spacial score (nSPS) is 21.4. The van der Waals surface area contributed by atoms with Crippen molar-refractivity contribution in [1.29, 1.82) is 0 Å². The lowest BCUT2D eigenvalue weighted by molar-refractivity contribution is -0.0573. The Kier molecular flexibility index (Phi) is 4.40. The van der Waals surface area contributed by atoms with E-state index in [0.29, 0.717) is 32.6 Å². The number of nitrogens with zero attached hydrogens (tertiary/aromatic N) is 3. The van der Waals surface area contributed by atoms with E-state index in [9.17, 15) is 5.11 Å². The molecule has 116 valence electrons. The summed E-state index contributed by atoms with van der Waals surface area (Å²) in [7, 11) is 2.03. The fourth-order valence-electron chi connectivity index (χ4n) is 3.44. The zero-order valence-electron chi connectivity index (χ0n) is 12.8. The molecule has 0 radical (unpaired) electrons. The fraction of sp³-hybridized carbons (Fsp3) is 0.750. The molecule has 1 aromatic heterocycles. The third kappa shape index (κ3) is 3.35. The molecule has 2 heterocycles. The Morgan fingerprint density at radius 2 is 1.95 bits per heavy atom. The summed E-state index contributed by atoms with van der Waals surface area (Å²) in [5, 5.41) is 10.7. The van der Waals surface area contributed by atoms with Gasteiger partial charge in [-0.25, -0.2) is 9.97 Å². The van der Waals surface area contributed by atoms with Crippen LogP contribution in [0.4, 0.5) is 5.82 Å². The van der Waals surface area contributed by atoms with Crippen LogP contribution < -0.4 is 4.90 Å². The molecule has 0 saturated carbocycles. The Morgan fingerprint density at radius 1 is 1.19 bits per heavy atom. The molecule has 1 aliphatic carbocycles. The average Bonchev–Trinajstić information content (AvgIpc) is 2.72. The first kappa shape index (κ1) is 14.7. The van der Waals surface area contributed by atoms with E-state index in [2.05, 4.69) is 14.9 Å². The van der Waals surface area contributed by atoms with Crippen LogP contribution in [0.15, 0.2) is 6.33 Å². The van der Waals surface area contributed by atoms with E-state index in [4.69, 9.17) is 4.74 Å². The molecule has 0 bridgehead atoms. The van der Waals surface area contributed by atoms with Gasteiger partial charge >= 0.3 is 0 Å². The van der Waals surface area contributed by atoms with E-state index in [1.807, 2.05) is 7.05 Å². The SMILES string of the molecule is CN(CC1(O)CCOCC1)c1ncnc2c1CCCCC2. The first-order valence-electron chi connectivity index (χ1n) is 8.02. The molecule has 1 aromatic rings. The average molecular weight is 291 g/mol. The highest BCUT2D eigenvalue weighted by atomic mass is 16.5. The molecule has 3 rings (SSSR count). The van der Waals surface area contributed by atoms with Crippen molar-refractivity contribution in [3.05, 3.63) is 17.6 Å². The van der Waals surface area contributed by atoms with Crippen molar-refractivity contribution in [3.8, 4) is 0 Å². The van der Waals surface area contributed by atoms with Crippen molar-refractivity contribution in [2.24, 2.45) is 0 Å². The Labute approximate surface area is 126 Å². The number of anilines is 1. The molecule has 1 N–H and O–H groups in total. The molecule has 1 fully saturated rings. The van der Waals surface area contributed by atoms with Crippen molar-refractivity contribution in [2.75, 3.05) is 31.7 Å². The van der Waals surface area contributed by atoms with Crippen molar-refractivity contribution in [1.82, 2.24) is 9.97 Å². The number of aromatic nitrogens is 2. The van der Waals surface area contributed by atoms with E-state index in [-0.39, 0.29) is 0 Å². The Hall–Kier alpha value is -1.20. The molecule has 0 unspecified atom stereocenters. The van der Waals surface area contributed by atoms with Crippen molar-refractivity contribution in [2.45, 2.75) is 50.5 Å². The summed E-state index contributed by atoms with van der Waals surface area (Å²) >= 11 is 0. The lowest BCUT2D eigenvalue weighted by Gasteiger charge is -2.36. The summed E-state index contributed by atoms with van der Waals surface area (Å²) in [6.07, 6.45) is 8.86. The minimum absolute atomic E-state index is 0.611. The number of aliphatic hydroxyl groups is 1. The van der Waals surface area contributed by atoms with Gasteiger partial charge < -0.3 is 14.7 Å². The molecular weight excluding hydrogens is 266 g/mol. The molecule has 1 saturated heterocycles. The lowest BCUT2D eigenvalue weighted by Crippen LogP contribution is -2.46. The van der Waals surface area contributed by atoms with Crippen LogP contribution in [-0.2, 0) is 17.6 Å². The van der Waals surface area contributed by atoms with Crippen molar-refractivity contribution < 1.29 is 9.84 Å². The van der Waals surface area contributed by atoms with Gasteiger partial charge in [0.25, 0.3) is 0 Å². The van der Waals surface area contributed by atoms with Crippen LogP contribution in [0, 0.1) is 0 Å². The quantitative estimate of drug-likeness (QED) is 0.859. The third-order valence-electron chi connectivity index (χ3n) is 4.67. The summed E-state index contributed by atoms with van der Waals surface area (Å²) in [4.78, 5) is 11.1. The van der Waals surface area contributed by atoms with Gasteiger partial charge in [0.2, 0.25) is 0 Å². The third-order valence-corrected chi connectivity index (χ3v) is 4.67. The molecule has 0 spiro atoms. The minimum Gasteiger partial charge on any atom is -0.388 e. The molecule has 5 nitrogen and oxygen atoms in total. The Morgan fingerprint density at radius 3 is 2.76 bits per heavy atom. The number of fused-ring (bicyclic) bond motifs is 1. The summed E-state index contributed by atoms with van der Waals surface area (Å²) < 4.78 is 5.36. The fourth-order valence-corrected chi connectivity index (χ4v) is 3.44. The highest BCUT2D eigenvalue weighted by Crippen LogP contribution is 2.28. The highest BCUT2D eigenvalue weighted by Gasteiger charge is 2.32. The van der Waals surface area contributed by atoms with Crippen LogP contribution in [0.5, 0.6) is 0 Å². The van der Waals surface area contributed by atoms with E-state index >= 15 is 0 Å². The maximum atomic E-state index is 10.7. The molecule has 21 heavy (non-hydrogen) atoms. The van der Waals surface area contributed by atoms with Gasteiger partial charge in [-0.2, -0.15) is 0 Å². The maximum Gasteiger partial charge on any atom is 0.135 e. The molecule has 2 aliphatic rings. The first-order valence-corrected chi connectivity index (χ1v) is 8.02. The molecule has 5 heteroatoms. The van der Waals surface area contributed by atoms with Gasteiger partial charge in [-0.05, 0) is 25.7 Å². The molecular formula is C16H25N3O2. The van der Waals surface area contributed by atoms with Crippen molar-refractivity contribution >= 4 is 5.82 Å². The second kappa shape index (κ2) is 6.28. The minimum atomic E-state index is -0.657. The molecule has 1 aliphatic heterocycles. The molecule has 0 aromatic carbocycles. The van der Waals surface area contributed by atoms with Gasteiger partial charge in [0.05, 0.1) is 5.60 Å². The van der Waals surface area contributed by atoms with Crippen LogP contribution in [0.25, 0.3) is 0 Å². The largest absolute Gasteiger partial charge is 0.388 e. The lowest BCUT2D eigenvalue weighted by atomic mass is 9.93. The number of hydrogen-bond donors (Lipinski definition) is 1. The monoisotopic (exact) mass is 291 g/mol. The van der Waals surface area contributed by atoms with Crippen LogP contribution in [0.1, 0.15) is 43.4 Å². The predicted octanol–water partition coefficient (Wildman–Crippen LogP) is 1.72. The molecule has 0 atom stereocenters. The zero-order valence-corrected chi connectivity index (χ0v) is 12.8. The predicted molar refractivity (Wildman–Crippen MR) is 81.6 cm³/mol. The van der Waals surface area contributed by atoms with E-state index in [1.165, 1.54) is 30.5 Å². The highest BCUT2D eigenvalue weighted by molar-refractivity contribution is 5.49. The van der Waals surface area contributed by atoms with Crippen LogP contribution in [0.2, 0.25) is 0 Å². The van der Waals surface area contributed by atoms with Gasteiger partial charge in [-0.15, -0.1) is 0 Å². The number of likely N-dealkylation sites (N-methyl/N-ethyl adjacent to an activating group) is 1. The number of ether oxygens (including phenoxy) is 1. The summed E-state index contributed by atoms with van der Waals surface area (Å²) in [6.45, 7) is 1.90. The van der Waals surface area contributed by atoms with Crippen LogP contribution >= 0.6 is 0 Å². The van der Waals surface area contributed by atoms with Gasteiger partial charge in [-0.1, -0.05) is 6.42 Å². The van der Waals surface area contributed by atoms with Crippen molar-refractivity contribution in [3.63, 3.8) is 0 Å². The summed E-state index contributed by atoms with van der Waals surface area (Å²) in [6, 6.07) is 0. The summed E-state index contributed by atoms with van der Waals surface area (Å²) in [5.74, 6) is 1.00. The topological polar surface area (TPSA) is 58.5 Å². The number of rotatable bonds is 3. The second-order valence-electron chi connectivity index (χ2n) is 6.38. The second-order valence-corrected chi connectivity index (χ2v) is 6.38. The first-order chi connectivity index (χ1) is 10.2. The van der Waals surface area contributed by atoms with Gasteiger partial charge in [0.15, 0.2) is 0 Å². The summed E-state index contributed by atoms with van der Waals surface area (Å²) in [5.41, 5.74) is 1.83. The van der Waals surface area contributed by atoms with Gasteiger partial charge in [-0.3, -0.25) is 0 Å². The smallest absolute Gasteiger partial charge is 0.135 e. The zero-order chi connectivity index (χ0) is 14.7. The molecule has 0 amide bonds. The maximum absolute atomic E-state index is 10.7. The Balaban J connectivity index is 1.79. The van der Waals surface area contributed by atoms with Gasteiger partial charge in [0, 0.05) is 50.9 Å². The number of hydrogen-bond acceptors (Lipinski definition) is 5. The Bertz CT molecular complexity index is 486. The van der Waals surface area contributed by atoms with Crippen LogP contribution in [-0.4, -0.2) is 47.5 Å². The van der Waals surface area contributed by atoms with E-state index in [1.54, 1.807) is 6.33 Å². The van der Waals surface area contributed by atoms with E-state index < -0.39 is 5.60 Å². The standard InChI is InChI=1S/C16H25N3O2/c1-19(11-16(20)7-9-21-10-8-16)15-13-5-3-2-4-6-14(13)17-12-18-15/h12,20H,2-11H2,1H3. The number of aryl methyl sites for hydroxylation is 1. The van der Waals surface area contributed by atoms with Gasteiger partial charge in [0.1, 0.15) is 12.1 Å². The van der Waals surface area contributed by atoms with E-state index in [0.717, 1.165) is 18.7 Å².